The summed E-state index contributed by atoms with van der Waals surface area (Å²) in [5, 5.41) is 0. The third kappa shape index (κ3) is 1.80. The lowest BCUT2D eigenvalue weighted by molar-refractivity contribution is -0.120. The highest BCUT2D eigenvalue weighted by atomic mass is 16.5. The topological polar surface area (TPSA) is 26.3 Å². The lowest BCUT2D eigenvalue weighted by Crippen LogP contribution is -2.43. The zero-order valence-electron chi connectivity index (χ0n) is 11.1. The minimum Gasteiger partial charge on any atom is -0.428 e. The van der Waals surface area contributed by atoms with Gasteiger partial charge in [-0.1, -0.05) is 18.2 Å². The fraction of sp³-hybridized carbons (Fsp3) is 0.588. The molecule has 4 fully saturated rings. The van der Waals surface area contributed by atoms with Crippen molar-refractivity contribution in [1.82, 2.24) is 0 Å². The Bertz CT molecular complexity index is 466. The summed E-state index contributed by atoms with van der Waals surface area (Å²) < 4.78 is 5.21. The van der Waals surface area contributed by atoms with E-state index >= 15 is 0 Å². The predicted molar refractivity (Wildman–Crippen MR) is 72.9 cm³/mol. The molecule has 19 heavy (non-hydrogen) atoms. The molecule has 0 atom stereocenters. The van der Waals surface area contributed by atoms with Crippen LogP contribution in [0.2, 0.25) is 0 Å². The lowest BCUT2D eigenvalue weighted by atomic mass is 9.50. The molecule has 4 bridgehead atoms. The van der Waals surface area contributed by atoms with Crippen LogP contribution in [0.3, 0.4) is 0 Å². The maximum absolute atomic E-state index is 10.7. The van der Waals surface area contributed by atoms with Gasteiger partial charge >= 0.3 is 0 Å². The molecule has 1 aromatic rings. The van der Waals surface area contributed by atoms with Crippen molar-refractivity contribution in [3.63, 3.8) is 0 Å². The van der Waals surface area contributed by atoms with Gasteiger partial charge in [0.1, 0.15) is 5.75 Å². The first kappa shape index (κ1) is 11.5. The zero-order valence-corrected chi connectivity index (χ0v) is 11.1. The maximum atomic E-state index is 10.7. The molecule has 0 aromatic heterocycles. The van der Waals surface area contributed by atoms with Crippen molar-refractivity contribution in [2.45, 2.75) is 38.0 Å². The van der Waals surface area contributed by atoms with Gasteiger partial charge in [-0.2, -0.15) is 0 Å². The fourth-order valence-electron chi connectivity index (χ4n) is 5.35. The molecule has 2 nitrogen and oxygen atoms in total. The van der Waals surface area contributed by atoms with Gasteiger partial charge in [0.15, 0.2) is 0 Å². The molecule has 0 saturated heterocycles. The van der Waals surface area contributed by atoms with E-state index in [0.717, 1.165) is 29.4 Å². The van der Waals surface area contributed by atoms with Crippen LogP contribution in [0.5, 0.6) is 5.75 Å². The molecular formula is C17H20O2. The number of benzene rings is 1. The van der Waals surface area contributed by atoms with Gasteiger partial charge in [0, 0.05) is 0 Å². The first-order chi connectivity index (χ1) is 9.35. The molecule has 0 radical (unpaired) electrons. The quantitative estimate of drug-likeness (QED) is 0.770. The zero-order chi connectivity index (χ0) is 12.8. The predicted octanol–water partition coefficient (Wildman–Crippen LogP) is 3.76. The Morgan fingerprint density at radius 2 is 1.58 bits per heavy atom. The number of ether oxygens (including phenoxy) is 1. The van der Waals surface area contributed by atoms with Gasteiger partial charge in [0.2, 0.25) is 0 Å². The molecule has 0 amide bonds. The standard InChI is InChI=1S/C17H20O2/c18-10-19-16-4-2-1-3-15(16)17-13-6-11-5-12(8-13)9-14(17)7-11/h1-4,10-14,17H,5-9H2. The number of para-hydroxylation sites is 1. The van der Waals surface area contributed by atoms with E-state index < -0.39 is 0 Å². The molecule has 2 heteroatoms. The van der Waals surface area contributed by atoms with Crippen molar-refractivity contribution in [2.75, 3.05) is 0 Å². The first-order valence-corrected chi connectivity index (χ1v) is 7.54. The van der Waals surface area contributed by atoms with Crippen molar-refractivity contribution >= 4 is 6.47 Å². The summed E-state index contributed by atoms with van der Waals surface area (Å²) in [6, 6.07) is 8.15. The van der Waals surface area contributed by atoms with E-state index in [1.54, 1.807) is 0 Å². The Morgan fingerprint density at radius 3 is 2.21 bits per heavy atom. The van der Waals surface area contributed by atoms with Gasteiger partial charge < -0.3 is 4.74 Å². The van der Waals surface area contributed by atoms with E-state index in [1.165, 1.54) is 37.7 Å². The largest absolute Gasteiger partial charge is 0.428 e. The Kier molecular flexibility index (Phi) is 2.64. The van der Waals surface area contributed by atoms with E-state index in [4.69, 9.17) is 4.74 Å². The van der Waals surface area contributed by atoms with Crippen LogP contribution in [0.15, 0.2) is 24.3 Å². The SMILES string of the molecule is O=COc1ccccc1C1C2CC3CC(C2)CC1C3. The second-order valence-electron chi connectivity index (χ2n) is 6.71. The second kappa shape index (κ2) is 4.36. The minimum absolute atomic E-state index is 0.564. The van der Waals surface area contributed by atoms with Crippen molar-refractivity contribution < 1.29 is 9.53 Å². The Morgan fingerprint density at radius 1 is 0.947 bits per heavy atom. The van der Waals surface area contributed by atoms with Crippen LogP contribution in [0, 0.1) is 23.7 Å². The summed E-state index contributed by atoms with van der Waals surface area (Å²) in [6.07, 6.45) is 7.06. The second-order valence-corrected chi connectivity index (χ2v) is 6.71. The smallest absolute Gasteiger partial charge is 0.298 e. The highest BCUT2D eigenvalue weighted by molar-refractivity contribution is 5.49. The van der Waals surface area contributed by atoms with E-state index in [0.29, 0.717) is 12.4 Å². The number of hydrogen-bond acceptors (Lipinski definition) is 2. The summed E-state index contributed by atoms with van der Waals surface area (Å²) >= 11 is 0. The van der Waals surface area contributed by atoms with Gasteiger partial charge in [-0.3, -0.25) is 4.79 Å². The summed E-state index contributed by atoms with van der Waals surface area (Å²) in [5.74, 6) is 5.04. The average Bonchev–Trinajstić information content (AvgIpc) is 2.39. The van der Waals surface area contributed by atoms with Gasteiger partial charge in [-0.25, -0.2) is 0 Å². The normalized spacial score (nSPS) is 39.3. The molecule has 5 rings (SSSR count). The monoisotopic (exact) mass is 256 g/mol. The summed E-state index contributed by atoms with van der Waals surface area (Å²) in [6.45, 7) is 0.564. The minimum atomic E-state index is 0.564. The van der Waals surface area contributed by atoms with Crippen molar-refractivity contribution in [3.8, 4) is 5.75 Å². The van der Waals surface area contributed by atoms with Crippen molar-refractivity contribution in [1.29, 1.82) is 0 Å². The molecule has 100 valence electrons. The maximum Gasteiger partial charge on any atom is 0.298 e. The van der Waals surface area contributed by atoms with E-state index in [-0.39, 0.29) is 0 Å². The average molecular weight is 256 g/mol. The van der Waals surface area contributed by atoms with Crippen LogP contribution >= 0.6 is 0 Å². The molecule has 0 spiro atoms. The van der Waals surface area contributed by atoms with Crippen LogP contribution in [0.1, 0.15) is 43.6 Å². The van der Waals surface area contributed by atoms with Gasteiger partial charge in [0.25, 0.3) is 6.47 Å². The summed E-state index contributed by atoms with van der Waals surface area (Å²) in [7, 11) is 0. The molecule has 0 unspecified atom stereocenters. The van der Waals surface area contributed by atoms with Crippen LogP contribution < -0.4 is 4.74 Å². The van der Waals surface area contributed by atoms with Crippen molar-refractivity contribution in [3.05, 3.63) is 29.8 Å². The van der Waals surface area contributed by atoms with Gasteiger partial charge in [0.05, 0.1) is 0 Å². The van der Waals surface area contributed by atoms with Gasteiger partial charge in [-0.05, 0) is 73.3 Å². The Balaban J connectivity index is 1.70. The van der Waals surface area contributed by atoms with E-state index in [9.17, 15) is 4.79 Å². The number of hydrogen-bond donors (Lipinski definition) is 0. The Hall–Kier alpha value is -1.31. The third-order valence-corrected chi connectivity index (χ3v) is 5.68. The number of rotatable bonds is 3. The van der Waals surface area contributed by atoms with Crippen LogP contribution in [0.4, 0.5) is 0 Å². The molecule has 0 aliphatic heterocycles. The van der Waals surface area contributed by atoms with E-state index in [1.807, 2.05) is 12.1 Å². The van der Waals surface area contributed by atoms with E-state index in [2.05, 4.69) is 12.1 Å². The lowest BCUT2D eigenvalue weighted by Gasteiger charge is -2.54. The molecule has 4 saturated carbocycles. The molecule has 1 aromatic carbocycles. The summed E-state index contributed by atoms with van der Waals surface area (Å²) in [4.78, 5) is 10.7. The third-order valence-electron chi connectivity index (χ3n) is 5.68. The van der Waals surface area contributed by atoms with Crippen LogP contribution in [0.25, 0.3) is 0 Å². The molecule has 4 aliphatic rings. The molecule has 0 N–H and O–H groups in total. The number of carbonyl (C=O) groups is 1. The molecular weight excluding hydrogens is 236 g/mol. The number of carbonyl (C=O) groups excluding carboxylic acids is 1. The highest BCUT2D eigenvalue weighted by Gasteiger charge is 2.49. The summed E-state index contributed by atoms with van der Waals surface area (Å²) in [5.41, 5.74) is 1.28. The van der Waals surface area contributed by atoms with Gasteiger partial charge in [-0.15, -0.1) is 0 Å². The molecule has 0 heterocycles. The fourth-order valence-corrected chi connectivity index (χ4v) is 5.35. The Labute approximate surface area is 114 Å². The van der Waals surface area contributed by atoms with Crippen LogP contribution in [-0.2, 0) is 4.79 Å². The van der Waals surface area contributed by atoms with Crippen molar-refractivity contribution in [2.24, 2.45) is 23.7 Å². The molecule has 4 aliphatic carbocycles. The highest BCUT2D eigenvalue weighted by Crippen LogP contribution is 2.60. The first-order valence-electron chi connectivity index (χ1n) is 7.54. The van der Waals surface area contributed by atoms with Crippen LogP contribution in [-0.4, -0.2) is 6.47 Å².